The molecule has 0 fully saturated rings. The van der Waals surface area contributed by atoms with Crippen LogP contribution >= 0.6 is 14.3 Å². The summed E-state index contributed by atoms with van der Waals surface area (Å²) < 4.78 is 31.6. The number of rotatable bonds is 8. The molecule has 2 unspecified atom stereocenters. The molecule has 2 nitrogen and oxygen atoms in total. The van der Waals surface area contributed by atoms with E-state index in [0.29, 0.717) is 5.31 Å². The molecule has 6 aromatic rings. The van der Waals surface area contributed by atoms with Crippen molar-refractivity contribution in [3.8, 4) is 11.1 Å². The van der Waals surface area contributed by atoms with E-state index >= 15 is 9.13 Å². The molecule has 0 N–H and O–H groups in total. The van der Waals surface area contributed by atoms with Crippen LogP contribution in [0.4, 0.5) is 0 Å². The molecule has 0 heterocycles. The quantitative estimate of drug-likeness (QED) is 0.115. The summed E-state index contributed by atoms with van der Waals surface area (Å²) in [6.07, 6.45) is 14.2. The van der Waals surface area contributed by atoms with E-state index in [1.165, 1.54) is 27.8 Å². The molecule has 1 spiro atoms. The second-order valence-electron chi connectivity index (χ2n) is 14.2. The van der Waals surface area contributed by atoms with Crippen molar-refractivity contribution in [1.29, 1.82) is 0 Å². The Morgan fingerprint density at radius 3 is 1.83 bits per heavy atom. The lowest BCUT2D eigenvalue weighted by Crippen LogP contribution is -2.31. The fraction of sp³-hybridized carbons (Fsp3) is 0.0800. The van der Waals surface area contributed by atoms with Gasteiger partial charge < -0.3 is 9.13 Å². The Balaban J connectivity index is 1.35. The van der Waals surface area contributed by atoms with Gasteiger partial charge >= 0.3 is 0 Å². The lowest BCUT2D eigenvalue weighted by Gasteiger charge is -2.33. The first-order valence-corrected chi connectivity index (χ1v) is 22.0. The predicted molar refractivity (Wildman–Crippen MR) is 229 cm³/mol. The molecule has 3 aliphatic rings. The lowest BCUT2D eigenvalue weighted by molar-refractivity contribution is 0.590. The topological polar surface area (TPSA) is 34.1 Å². The van der Waals surface area contributed by atoms with Gasteiger partial charge in [-0.2, -0.15) is 0 Å². The average Bonchev–Trinajstić information content (AvgIpc) is 3.70. The van der Waals surface area contributed by atoms with Gasteiger partial charge in [0.15, 0.2) is 14.3 Å². The van der Waals surface area contributed by atoms with Crippen molar-refractivity contribution >= 4 is 46.4 Å². The molecule has 54 heavy (non-hydrogen) atoms. The molecular formula is C50H40O2P2. The molecule has 4 heteroatoms. The van der Waals surface area contributed by atoms with Crippen LogP contribution in [0.15, 0.2) is 206 Å². The van der Waals surface area contributed by atoms with Crippen LogP contribution < -0.4 is 26.5 Å². The first kappa shape index (κ1) is 34.3. The molecular weight excluding hydrogens is 694 g/mol. The highest BCUT2D eigenvalue weighted by molar-refractivity contribution is 7.85. The Morgan fingerprint density at radius 1 is 0.593 bits per heavy atom. The van der Waals surface area contributed by atoms with Crippen LogP contribution in [0.2, 0.25) is 0 Å². The van der Waals surface area contributed by atoms with Crippen molar-refractivity contribution in [3.05, 3.63) is 228 Å². The van der Waals surface area contributed by atoms with Gasteiger partial charge in [-0.1, -0.05) is 183 Å². The second-order valence-corrected chi connectivity index (χ2v) is 19.8. The van der Waals surface area contributed by atoms with E-state index in [9.17, 15) is 0 Å². The molecule has 2 atom stereocenters. The lowest BCUT2D eigenvalue weighted by atomic mass is 9.69. The molecule has 0 aliphatic heterocycles. The van der Waals surface area contributed by atoms with E-state index in [4.69, 9.17) is 0 Å². The first-order chi connectivity index (χ1) is 26.4. The highest BCUT2D eigenvalue weighted by Crippen LogP contribution is 2.64. The average molecular weight is 735 g/mol. The zero-order valence-corrected chi connectivity index (χ0v) is 32.0. The number of allylic oxidation sites excluding steroid dienone is 9. The summed E-state index contributed by atoms with van der Waals surface area (Å²) in [6.45, 7) is 6.40. The molecule has 6 aromatic carbocycles. The van der Waals surface area contributed by atoms with Crippen molar-refractivity contribution in [2.24, 2.45) is 0 Å². The van der Waals surface area contributed by atoms with Gasteiger partial charge in [0.2, 0.25) is 0 Å². The molecule has 0 saturated carbocycles. The number of fused-ring (bicyclic) bond motifs is 9. The van der Waals surface area contributed by atoms with Crippen LogP contribution in [0, 0.1) is 0 Å². The molecule has 3 aliphatic carbocycles. The molecule has 262 valence electrons. The highest BCUT2D eigenvalue weighted by atomic mass is 31.2. The number of hydrogen-bond donors (Lipinski definition) is 0. The SMILES string of the molecule is C=C(/C=C\C=C/C)P(=O)(c1ccccc1)c1ccc2c(c1)C1(C3=C2CCC=C3)c2ccccc2-c2ccc(P(=O)(c3ccccc3)c3ccccc3)cc21. The third-order valence-electron chi connectivity index (χ3n) is 11.4. The van der Waals surface area contributed by atoms with Crippen molar-refractivity contribution in [2.75, 3.05) is 0 Å². The van der Waals surface area contributed by atoms with Crippen molar-refractivity contribution < 1.29 is 9.13 Å². The van der Waals surface area contributed by atoms with Gasteiger partial charge in [0, 0.05) is 31.8 Å². The standard InChI is InChI=1S/C50H40O2P2/c1-3-4-8-19-36(2)53(51,37-20-9-5-10-21-37)40-30-32-44-42-26-15-17-28-46(42)50(48(44)34-40)47-29-18-16-27-43(47)45-33-31-41(35-49(45)50)54(52,38-22-11-6-12-23-38)39-24-13-7-14-25-39/h3-14,16-25,27-35H,2,15,26H2,1H3/b4-3-,19-8-. The molecule has 0 bridgehead atoms. The fourth-order valence-corrected chi connectivity index (χ4v) is 14.1. The van der Waals surface area contributed by atoms with E-state index in [-0.39, 0.29) is 0 Å². The van der Waals surface area contributed by atoms with E-state index in [1.807, 2.05) is 122 Å². The Labute approximate surface area is 318 Å². The van der Waals surface area contributed by atoms with E-state index in [2.05, 4.69) is 79.4 Å². The molecule has 0 amide bonds. The maximum atomic E-state index is 15.9. The Morgan fingerprint density at radius 2 is 1.15 bits per heavy atom. The van der Waals surface area contributed by atoms with Crippen LogP contribution in [-0.4, -0.2) is 0 Å². The van der Waals surface area contributed by atoms with E-state index < -0.39 is 19.7 Å². The molecule has 0 saturated heterocycles. The van der Waals surface area contributed by atoms with Crippen LogP contribution in [0.25, 0.3) is 16.7 Å². The zero-order valence-electron chi connectivity index (χ0n) is 30.2. The molecule has 0 radical (unpaired) electrons. The van der Waals surface area contributed by atoms with Crippen LogP contribution in [0.1, 0.15) is 42.0 Å². The molecule has 0 aromatic heterocycles. The molecule has 9 rings (SSSR count). The van der Waals surface area contributed by atoms with Gasteiger partial charge in [-0.05, 0) is 76.4 Å². The van der Waals surface area contributed by atoms with E-state index in [0.717, 1.165) is 56.1 Å². The summed E-state index contributed by atoms with van der Waals surface area (Å²) in [5.41, 5.74) is 8.81. The monoisotopic (exact) mass is 734 g/mol. The number of hydrogen-bond acceptors (Lipinski definition) is 2. The van der Waals surface area contributed by atoms with Crippen molar-refractivity contribution in [2.45, 2.75) is 25.2 Å². The minimum absolute atomic E-state index is 0.581. The third-order valence-corrected chi connectivity index (χ3v) is 17.5. The minimum atomic E-state index is -3.37. The van der Waals surface area contributed by atoms with Crippen LogP contribution in [-0.2, 0) is 14.5 Å². The smallest absolute Gasteiger partial charge is 0.171 e. The largest absolute Gasteiger partial charge is 0.309 e. The Bertz CT molecular complexity index is 2640. The first-order valence-electron chi connectivity index (χ1n) is 18.6. The summed E-state index contributed by atoms with van der Waals surface area (Å²) in [7, 11) is -6.65. The van der Waals surface area contributed by atoms with Crippen molar-refractivity contribution in [3.63, 3.8) is 0 Å². The predicted octanol–water partition coefficient (Wildman–Crippen LogP) is 10.7. The van der Waals surface area contributed by atoms with Crippen LogP contribution in [0.3, 0.4) is 0 Å². The Kier molecular flexibility index (Phi) is 8.50. The minimum Gasteiger partial charge on any atom is -0.309 e. The number of benzene rings is 6. The van der Waals surface area contributed by atoms with Crippen LogP contribution in [0.5, 0.6) is 0 Å². The van der Waals surface area contributed by atoms with Gasteiger partial charge in [-0.3, -0.25) is 0 Å². The fourth-order valence-electron chi connectivity index (χ4n) is 9.01. The van der Waals surface area contributed by atoms with Gasteiger partial charge in [0.1, 0.15) is 0 Å². The summed E-state index contributed by atoms with van der Waals surface area (Å²) in [4.78, 5) is 0. The zero-order chi connectivity index (χ0) is 36.9. The summed E-state index contributed by atoms with van der Waals surface area (Å²) in [5, 5.41) is 4.51. The van der Waals surface area contributed by atoms with Gasteiger partial charge in [-0.15, -0.1) is 0 Å². The Hall–Kier alpha value is -5.52. The van der Waals surface area contributed by atoms with Gasteiger partial charge in [-0.25, -0.2) is 0 Å². The maximum absolute atomic E-state index is 15.9. The summed E-state index contributed by atoms with van der Waals surface area (Å²) in [6, 6.07) is 51.3. The maximum Gasteiger partial charge on any atom is 0.171 e. The second kappa shape index (κ2) is 13.4. The van der Waals surface area contributed by atoms with Crippen molar-refractivity contribution in [1.82, 2.24) is 0 Å². The highest BCUT2D eigenvalue weighted by Gasteiger charge is 2.53. The van der Waals surface area contributed by atoms with Gasteiger partial charge in [0.25, 0.3) is 0 Å². The summed E-state index contributed by atoms with van der Waals surface area (Å²) >= 11 is 0. The normalized spacial score (nSPS) is 18.1. The van der Waals surface area contributed by atoms with E-state index in [1.54, 1.807) is 0 Å². The third kappa shape index (κ3) is 4.94. The summed E-state index contributed by atoms with van der Waals surface area (Å²) in [5.74, 6) is 0. The van der Waals surface area contributed by atoms with Gasteiger partial charge in [0.05, 0.1) is 5.41 Å².